The van der Waals surface area contributed by atoms with E-state index in [0.29, 0.717) is 6.54 Å². The molecule has 0 saturated heterocycles. The van der Waals surface area contributed by atoms with Gasteiger partial charge in [-0.05, 0) is 25.0 Å². The second-order valence-electron chi connectivity index (χ2n) is 4.61. The molecule has 21 heavy (non-hydrogen) atoms. The number of thiocarbonyl (C=S) groups is 1. The van der Waals surface area contributed by atoms with Gasteiger partial charge in [-0.2, -0.15) is 0 Å². The SMILES string of the molecule is NC(=S)c1cc(F)c(NCCCCn2ccnc2)c(F)c1. The molecule has 0 aliphatic rings. The van der Waals surface area contributed by atoms with E-state index in [9.17, 15) is 8.78 Å². The van der Waals surface area contributed by atoms with Gasteiger partial charge in [-0.15, -0.1) is 0 Å². The first-order chi connectivity index (χ1) is 10.1. The predicted octanol–water partition coefficient (Wildman–Crippen LogP) is 2.69. The number of hydrogen-bond acceptors (Lipinski definition) is 3. The third-order valence-electron chi connectivity index (χ3n) is 3.03. The van der Waals surface area contributed by atoms with Crippen LogP contribution in [0.15, 0.2) is 30.9 Å². The molecule has 1 heterocycles. The first-order valence-electron chi connectivity index (χ1n) is 6.56. The molecule has 0 bridgehead atoms. The van der Waals surface area contributed by atoms with Gasteiger partial charge in [0.05, 0.1) is 6.33 Å². The van der Waals surface area contributed by atoms with Crippen molar-refractivity contribution in [3.63, 3.8) is 0 Å². The standard InChI is InChI=1S/C14H16F2N4S/c15-11-7-10(14(17)21)8-12(16)13(11)19-3-1-2-5-20-6-4-18-9-20/h4,6-9,19H,1-3,5H2,(H2,17,21). The van der Waals surface area contributed by atoms with E-state index in [1.165, 1.54) is 0 Å². The largest absolute Gasteiger partial charge is 0.389 e. The molecule has 3 N–H and O–H groups in total. The van der Waals surface area contributed by atoms with Gasteiger partial charge in [-0.25, -0.2) is 13.8 Å². The molecule has 0 unspecified atom stereocenters. The molecule has 112 valence electrons. The Morgan fingerprint density at radius 1 is 1.29 bits per heavy atom. The Labute approximate surface area is 127 Å². The summed E-state index contributed by atoms with van der Waals surface area (Å²) in [6.45, 7) is 1.31. The lowest BCUT2D eigenvalue weighted by Crippen LogP contribution is -2.12. The Bertz CT molecular complexity index is 590. The lowest BCUT2D eigenvalue weighted by atomic mass is 10.2. The second kappa shape index (κ2) is 7.12. The minimum Gasteiger partial charge on any atom is -0.389 e. The molecule has 4 nitrogen and oxygen atoms in total. The average Bonchev–Trinajstić information content (AvgIpc) is 2.93. The molecule has 0 radical (unpaired) electrons. The number of nitrogens with one attached hydrogen (secondary N) is 1. The van der Waals surface area contributed by atoms with Gasteiger partial charge < -0.3 is 15.6 Å². The van der Waals surface area contributed by atoms with Crippen LogP contribution in [-0.2, 0) is 6.54 Å². The van der Waals surface area contributed by atoms with Crippen LogP contribution in [0.3, 0.4) is 0 Å². The third kappa shape index (κ3) is 4.22. The maximum Gasteiger partial charge on any atom is 0.150 e. The predicted molar refractivity (Wildman–Crippen MR) is 82.2 cm³/mol. The highest BCUT2D eigenvalue weighted by molar-refractivity contribution is 7.80. The fourth-order valence-corrected chi connectivity index (χ4v) is 2.05. The molecule has 0 aliphatic carbocycles. The van der Waals surface area contributed by atoms with Crippen LogP contribution in [0.25, 0.3) is 0 Å². The van der Waals surface area contributed by atoms with E-state index >= 15 is 0 Å². The molecule has 0 spiro atoms. The first kappa shape index (κ1) is 15.4. The smallest absolute Gasteiger partial charge is 0.150 e. The van der Waals surface area contributed by atoms with Crippen molar-refractivity contribution in [2.45, 2.75) is 19.4 Å². The number of halogens is 2. The molecule has 0 aliphatic heterocycles. The summed E-state index contributed by atoms with van der Waals surface area (Å²) in [4.78, 5) is 3.91. The first-order valence-corrected chi connectivity index (χ1v) is 6.97. The van der Waals surface area contributed by atoms with Crippen LogP contribution in [0.1, 0.15) is 18.4 Å². The Balaban J connectivity index is 1.84. The van der Waals surface area contributed by atoms with Crippen LogP contribution in [0.2, 0.25) is 0 Å². The number of benzene rings is 1. The van der Waals surface area contributed by atoms with Gasteiger partial charge in [0.2, 0.25) is 0 Å². The zero-order chi connectivity index (χ0) is 15.2. The Morgan fingerprint density at radius 3 is 2.57 bits per heavy atom. The maximum atomic E-state index is 13.8. The summed E-state index contributed by atoms with van der Waals surface area (Å²) >= 11 is 4.70. The summed E-state index contributed by atoms with van der Waals surface area (Å²) in [5, 5.41) is 2.77. The van der Waals surface area contributed by atoms with Crippen molar-refractivity contribution in [3.8, 4) is 0 Å². The van der Waals surface area contributed by atoms with Crippen LogP contribution < -0.4 is 11.1 Å². The van der Waals surface area contributed by atoms with Crippen molar-refractivity contribution in [1.29, 1.82) is 0 Å². The molecule has 0 fully saturated rings. The van der Waals surface area contributed by atoms with Crippen LogP contribution in [0, 0.1) is 11.6 Å². The highest BCUT2D eigenvalue weighted by Crippen LogP contribution is 2.21. The van der Waals surface area contributed by atoms with Crippen molar-refractivity contribution in [3.05, 3.63) is 48.1 Å². The molecule has 7 heteroatoms. The van der Waals surface area contributed by atoms with Gasteiger partial charge in [-0.3, -0.25) is 0 Å². The summed E-state index contributed by atoms with van der Waals surface area (Å²) in [5.74, 6) is -1.38. The molecule has 2 rings (SSSR count). The van der Waals surface area contributed by atoms with Crippen molar-refractivity contribution in [1.82, 2.24) is 9.55 Å². The zero-order valence-electron chi connectivity index (χ0n) is 11.4. The zero-order valence-corrected chi connectivity index (χ0v) is 12.2. The summed E-state index contributed by atoms with van der Waals surface area (Å²) in [6.07, 6.45) is 7.00. The summed E-state index contributed by atoms with van der Waals surface area (Å²) < 4.78 is 29.5. The van der Waals surface area contributed by atoms with Crippen LogP contribution in [-0.4, -0.2) is 21.1 Å². The van der Waals surface area contributed by atoms with Crippen molar-refractivity contribution >= 4 is 22.9 Å². The fraction of sp³-hybridized carbons (Fsp3) is 0.286. The third-order valence-corrected chi connectivity index (χ3v) is 3.27. The molecule has 2 aromatic rings. The van der Waals surface area contributed by atoms with Gasteiger partial charge in [0.25, 0.3) is 0 Å². The number of imidazole rings is 1. The highest BCUT2D eigenvalue weighted by Gasteiger charge is 2.11. The minimum atomic E-state index is -0.688. The van der Waals surface area contributed by atoms with Crippen molar-refractivity contribution in [2.24, 2.45) is 5.73 Å². The maximum absolute atomic E-state index is 13.8. The van der Waals surface area contributed by atoms with E-state index in [2.05, 4.69) is 10.3 Å². The quantitative estimate of drug-likeness (QED) is 0.610. The number of hydrogen-bond donors (Lipinski definition) is 2. The normalized spacial score (nSPS) is 10.6. The van der Waals surface area contributed by atoms with Gasteiger partial charge >= 0.3 is 0 Å². The fourth-order valence-electron chi connectivity index (χ4n) is 1.94. The monoisotopic (exact) mass is 310 g/mol. The minimum absolute atomic E-state index is 0.0281. The lowest BCUT2D eigenvalue weighted by molar-refractivity contribution is 0.582. The van der Waals surface area contributed by atoms with E-state index in [-0.39, 0.29) is 16.2 Å². The van der Waals surface area contributed by atoms with E-state index in [0.717, 1.165) is 31.5 Å². The Morgan fingerprint density at radius 2 is 2.00 bits per heavy atom. The number of nitrogens with zero attached hydrogens (tertiary/aromatic N) is 2. The number of rotatable bonds is 7. The van der Waals surface area contributed by atoms with E-state index in [1.54, 1.807) is 12.5 Å². The number of unbranched alkanes of at least 4 members (excludes halogenated alkanes) is 1. The van der Waals surface area contributed by atoms with Crippen molar-refractivity contribution in [2.75, 3.05) is 11.9 Å². The molecule has 1 aromatic carbocycles. The van der Waals surface area contributed by atoms with Crippen LogP contribution in [0.4, 0.5) is 14.5 Å². The second-order valence-corrected chi connectivity index (χ2v) is 5.05. The molecule has 1 aromatic heterocycles. The van der Waals surface area contributed by atoms with Crippen molar-refractivity contribution < 1.29 is 8.78 Å². The van der Waals surface area contributed by atoms with Crippen LogP contribution >= 0.6 is 12.2 Å². The summed E-state index contributed by atoms with van der Waals surface area (Å²) in [5.41, 5.74) is 5.40. The summed E-state index contributed by atoms with van der Waals surface area (Å²) in [7, 11) is 0. The van der Waals surface area contributed by atoms with E-state index in [1.807, 2.05) is 10.8 Å². The topological polar surface area (TPSA) is 55.9 Å². The van der Waals surface area contributed by atoms with E-state index in [4.69, 9.17) is 18.0 Å². The number of aryl methyl sites for hydroxylation is 1. The van der Waals surface area contributed by atoms with Gasteiger partial charge in [0.1, 0.15) is 22.3 Å². The number of anilines is 1. The molecular formula is C14H16F2N4S. The lowest BCUT2D eigenvalue weighted by Gasteiger charge is -2.10. The van der Waals surface area contributed by atoms with E-state index < -0.39 is 11.6 Å². The Kier molecular flexibility index (Phi) is 5.21. The summed E-state index contributed by atoms with van der Waals surface area (Å²) in [6, 6.07) is 2.28. The van der Waals surface area contributed by atoms with Crippen LogP contribution in [0.5, 0.6) is 0 Å². The molecule has 0 atom stereocenters. The number of aromatic nitrogens is 2. The number of nitrogens with two attached hydrogens (primary N) is 1. The molecule has 0 amide bonds. The Hall–Kier alpha value is -2.02. The molecule has 0 saturated carbocycles. The average molecular weight is 310 g/mol. The molecular weight excluding hydrogens is 294 g/mol. The van der Waals surface area contributed by atoms with Gasteiger partial charge in [0.15, 0.2) is 0 Å². The highest BCUT2D eigenvalue weighted by atomic mass is 32.1. The van der Waals surface area contributed by atoms with Gasteiger partial charge in [-0.1, -0.05) is 12.2 Å². The van der Waals surface area contributed by atoms with Gasteiger partial charge in [0, 0.05) is 31.0 Å².